The maximum atomic E-state index is 14.7. The molecule has 2 aliphatic heterocycles. The molecule has 1 saturated carbocycles. The van der Waals surface area contributed by atoms with Crippen LogP contribution >= 0.6 is 11.3 Å². The molecule has 4 aromatic heterocycles. The zero-order valence-corrected chi connectivity index (χ0v) is 42.7. The number of thiophene rings is 1. The second-order valence-electron chi connectivity index (χ2n) is 18.7. The Balaban J connectivity index is 0.710. The number of hydrogen-bond donors (Lipinski definition) is 3. The van der Waals surface area contributed by atoms with E-state index in [1.807, 2.05) is 17.5 Å². The van der Waals surface area contributed by atoms with Crippen molar-refractivity contribution in [3.8, 4) is 11.6 Å². The van der Waals surface area contributed by atoms with Crippen molar-refractivity contribution in [2.45, 2.75) is 76.6 Å². The first-order valence-electron chi connectivity index (χ1n) is 25.3. The van der Waals surface area contributed by atoms with Crippen molar-refractivity contribution in [1.29, 1.82) is 0 Å². The quantitative estimate of drug-likeness (QED) is 0.0704. The summed E-state index contributed by atoms with van der Waals surface area (Å²) in [6.07, 6.45) is 8.51. The van der Waals surface area contributed by atoms with Gasteiger partial charge in [0.15, 0.2) is 17.4 Å². The van der Waals surface area contributed by atoms with Crippen LogP contribution < -0.4 is 25.4 Å². The van der Waals surface area contributed by atoms with E-state index in [1.165, 1.54) is 16.5 Å². The predicted molar refractivity (Wildman–Crippen MR) is 268 cm³/mol. The zero-order valence-electron chi connectivity index (χ0n) is 41.8. The van der Waals surface area contributed by atoms with Crippen LogP contribution in [0.1, 0.15) is 78.5 Å². The number of hydrogen-bond acceptors (Lipinski definition) is 15. The molecule has 8 rings (SSSR count). The molecule has 5 aromatic rings. The molecular formula is C51H67F2N9O10S. The van der Waals surface area contributed by atoms with Gasteiger partial charge in [-0.25, -0.2) is 8.78 Å². The van der Waals surface area contributed by atoms with Crippen LogP contribution in [0.2, 0.25) is 0 Å². The highest BCUT2D eigenvalue weighted by Gasteiger charge is 2.38. The number of ether oxygens (including phenoxy) is 5. The number of amides is 4. The molecular weight excluding hydrogens is 969 g/mol. The third kappa shape index (κ3) is 13.7. The monoisotopic (exact) mass is 1040 g/mol. The minimum atomic E-state index is -1.16. The maximum Gasteiger partial charge on any atom is 0.271 e. The van der Waals surface area contributed by atoms with Gasteiger partial charge in [0.2, 0.25) is 11.8 Å². The van der Waals surface area contributed by atoms with Crippen molar-refractivity contribution < 1.29 is 56.2 Å². The number of rotatable bonds is 24. The molecule has 1 unspecified atom stereocenters. The number of piperazine rings is 1. The molecule has 2 atom stereocenters. The van der Waals surface area contributed by atoms with Crippen molar-refractivity contribution >= 4 is 56.1 Å². The molecule has 1 aromatic carbocycles. The smallest absolute Gasteiger partial charge is 0.271 e. The second-order valence-corrected chi connectivity index (χ2v) is 19.6. The van der Waals surface area contributed by atoms with Crippen LogP contribution in [0.3, 0.4) is 0 Å². The van der Waals surface area contributed by atoms with Gasteiger partial charge in [0.1, 0.15) is 30.2 Å². The number of likely N-dealkylation sites (N-methyl/N-ethyl adjacent to an activating group) is 1. The Bertz CT molecular complexity index is 2640. The summed E-state index contributed by atoms with van der Waals surface area (Å²) in [5.41, 5.74) is 1.01. The number of piperidine rings is 1. The summed E-state index contributed by atoms with van der Waals surface area (Å²) in [5.74, 6) is -1.84. The molecule has 0 spiro atoms. The highest BCUT2D eigenvalue weighted by atomic mass is 32.1. The van der Waals surface area contributed by atoms with Crippen LogP contribution in [0.4, 0.5) is 8.78 Å². The lowest BCUT2D eigenvalue weighted by molar-refractivity contribution is -0.140. The number of nitrogens with zero attached hydrogens (tertiary/aromatic N) is 6. The number of fused-ring (bicyclic) bond motifs is 2. The van der Waals surface area contributed by atoms with E-state index < -0.39 is 35.5 Å². The number of aryl methyl sites for hydroxylation is 1. The van der Waals surface area contributed by atoms with E-state index in [4.69, 9.17) is 28.2 Å². The molecule has 3 fully saturated rings. The van der Waals surface area contributed by atoms with Gasteiger partial charge in [-0.15, -0.1) is 11.3 Å². The second kappa shape index (κ2) is 25.9. The number of likely N-dealkylation sites (tertiary alicyclic amines) is 1. The summed E-state index contributed by atoms with van der Waals surface area (Å²) in [4.78, 5) is 64.9. The molecule has 4 amide bonds. The average molecular weight is 1040 g/mol. The van der Waals surface area contributed by atoms with Crippen LogP contribution in [0, 0.1) is 17.6 Å². The molecule has 3 N–H and O–H groups in total. The van der Waals surface area contributed by atoms with Gasteiger partial charge < -0.3 is 58.5 Å². The largest absolute Gasteiger partial charge is 0.489 e. The highest BCUT2D eigenvalue weighted by Crippen LogP contribution is 2.33. The highest BCUT2D eigenvalue weighted by molar-refractivity contribution is 7.17. The molecule has 3 aliphatic rings. The SMILES string of the molecule is CN[C@@H](C)C(=O)NC(C(=O)N1CCN(C(=O)c2c(C(=O)NCCOCCOCCOCCOc3cc(CN4CCC(Oc5ccnc6ccsc56)CC4)on3)c3cc(F)c(F)cc3n2C)CC1)C1CCCCC1. The zero-order chi connectivity index (χ0) is 51.3. The van der Waals surface area contributed by atoms with E-state index in [1.54, 1.807) is 42.5 Å². The van der Waals surface area contributed by atoms with Crippen LogP contribution in [0.15, 0.2) is 46.4 Å². The molecule has 0 bridgehead atoms. The fraction of sp³-hybridized carbons (Fsp3) is 0.569. The predicted octanol–water partition coefficient (Wildman–Crippen LogP) is 4.91. The molecule has 22 heteroatoms. The average Bonchev–Trinajstić information content (AvgIpc) is 4.15. The van der Waals surface area contributed by atoms with Crippen LogP contribution in [0.25, 0.3) is 21.1 Å². The summed E-state index contributed by atoms with van der Waals surface area (Å²) in [6, 6.07) is 6.48. The van der Waals surface area contributed by atoms with Gasteiger partial charge in [0.25, 0.3) is 17.7 Å². The number of pyridine rings is 1. The fourth-order valence-electron chi connectivity index (χ4n) is 9.68. The van der Waals surface area contributed by atoms with Gasteiger partial charge >= 0.3 is 0 Å². The van der Waals surface area contributed by atoms with Gasteiger partial charge in [-0.05, 0) is 74.3 Å². The Morgan fingerprint density at radius 2 is 1.53 bits per heavy atom. The molecule has 396 valence electrons. The Labute approximate surface area is 427 Å². The van der Waals surface area contributed by atoms with E-state index >= 15 is 0 Å². The Morgan fingerprint density at radius 1 is 0.849 bits per heavy atom. The molecule has 0 radical (unpaired) electrons. The number of benzene rings is 1. The Kier molecular flexibility index (Phi) is 19.0. The van der Waals surface area contributed by atoms with Crippen molar-refractivity contribution in [3.63, 3.8) is 0 Å². The number of carbonyl (C=O) groups excluding carboxylic acids is 4. The third-order valence-corrected chi connectivity index (χ3v) is 14.8. The Morgan fingerprint density at radius 3 is 2.26 bits per heavy atom. The summed E-state index contributed by atoms with van der Waals surface area (Å²) in [6.45, 7) is 6.84. The lowest BCUT2D eigenvalue weighted by Gasteiger charge is -2.39. The first kappa shape index (κ1) is 53.5. The van der Waals surface area contributed by atoms with Crippen LogP contribution in [-0.4, -0.2) is 170 Å². The third-order valence-electron chi connectivity index (χ3n) is 13.9. The van der Waals surface area contributed by atoms with Gasteiger partial charge in [-0.2, -0.15) is 0 Å². The normalized spacial score (nSPS) is 17.0. The minimum absolute atomic E-state index is 0.0149. The van der Waals surface area contributed by atoms with Crippen molar-refractivity contribution in [2.24, 2.45) is 13.0 Å². The van der Waals surface area contributed by atoms with Gasteiger partial charge in [-0.1, -0.05) is 19.3 Å². The first-order valence-corrected chi connectivity index (χ1v) is 26.2. The first-order chi connectivity index (χ1) is 35.5. The molecule has 2 saturated heterocycles. The standard InChI is InChI=1S/C51H67F2N9O10S/c1-33(54-2)48(63)57-45(34-7-5-4-6-8-34)50(65)61-17-19-62(20-18-61)51(66)46-44(37-30-38(52)39(53)31-41(37)59(46)3)49(64)56-14-21-67-22-23-68-24-25-69-26-27-70-43-29-36(72-58-43)32-60-15-10-35(11-16-60)71-42-9-13-55-40-12-28-73-47(40)42/h9,12-13,28-31,33-35,45,54H,4-8,10-11,14-27,32H2,1-3H3,(H,56,64)(H,57,63)/t33-,45?/m0/s1. The number of halogens is 2. The van der Waals surface area contributed by atoms with Gasteiger partial charge in [0.05, 0.1) is 73.5 Å². The van der Waals surface area contributed by atoms with E-state index in [0.717, 1.165) is 91.9 Å². The Hall–Kier alpha value is -5.78. The van der Waals surface area contributed by atoms with Crippen molar-refractivity contribution in [1.82, 2.24) is 45.4 Å². The lowest BCUT2D eigenvalue weighted by Crippen LogP contribution is -2.59. The van der Waals surface area contributed by atoms with Gasteiger partial charge in [0, 0.05) is 76.6 Å². The molecule has 6 heterocycles. The van der Waals surface area contributed by atoms with E-state index in [2.05, 4.69) is 31.0 Å². The topological polar surface area (TPSA) is 204 Å². The fourth-order valence-corrected chi connectivity index (χ4v) is 10.5. The van der Waals surface area contributed by atoms with E-state index in [-0.39, 0.29) is 105 Å². The maximum absolute atomic E-state index is 14.7. The molecule has 1 aliphatic carbocycles. The number of aromatic nitrogens is 3. The van der Waals surface area contributed by atoms with Crippen molar-refractivity contribution in [2.75, 3.05) is 99.1 Å². The van der Waals surface area contributed by atoms with Crippen LogP contribution in [-0.2, 0) is 37.4 Å². The number of carbonyl (C=O) groups is 4. The van der Waals surface area contributed by atoms with Crippen LogP contribution in [0.5, 0.6) is 11.6 Å². The lowest BCUT2D eigenvalue weighted by atomic mass is 9.83. The van der Waals surface area contributed by atoms with E-state index in [9.17, 15) is 28.0 Å². The minimum Gasteiger partial charge on any atom is -0.489 e. The summed E-state index contributed by atoms with van der Waals surface area (Å²) in [5, 5.41) is 14.8. The van der Waals surface area contributed by atoms with E-state index in [0.29, 0.717) is 32.2 Å². The summed E-state index contributed by atoms with van der Waals surface area (Å²) in [7, 11) is 3.21. The van der Waals surface area contributed by atoms with Crippen molar-refractivity contribution in [3.05, 3.63) is 70.6 Å². The molecule has 73 heavy (non-hydrogen) atoms. The summed E-state index contributed by atoms with van der Waals surface area (Å²) < 4.78 is 66.1. The molecule has 19 nitrogen and oxygen atoms in total. The van der Waals surface area contributed by atoms with Gasteiger partial charge in [-0.3, -0.25) is 29.1 Å². The summed E-state index contributed by atoms with van der Waals surface area (Å²) >= 11 is 1.64. The number of nitrogens with one attached hydrogen (secondary N) is 3.